The number of halogens is 1. The highest BCUT2D eigenvalue weighted by atomic mass is 79.9. The number of nitrogens with zero attached hydrogens (tertiary/aromatic N) is 1. The Labute approximate surface area is 122 Å². The molecule has 1 amide bonds. The summed E-state index contributed by atoms with van der Waals surface area (Å²) in [4.78, 5) is 32.2. The van der Waals surface area contributed by atoms with Gasteiger partial charge in [-0.2, -0.15) is 0 Å². The summed E-state index contributed by atoms with van der Waals surface area (Å²) in [6, 6.07) is 2.89. The van der Waals surface area contributed by atoms with Gasteiger partial charge in [-0.05, 0) is 28.4 Å². The highest BCUT2D eigenvalue weighted by Crippen LogP contribution is 2.27. The highest BCUT2D eigenvalue weighted by molar-refractivity contribution is 9.10. The Morgan fingerprint density at radius 3 is 2.70 bits per heavy atom. The van der Waals surface area contributed by atoms with Gasteiger partial charge >= 0.3 is 5.97 Å². The SMILES string of the molecule is NC(CCC(=O)O)C(=O)Nc1cc([N+](=O)[O-])ccc1Br. The van der Waals surface area contributed by atoms with Crippen LogP contribution in [0.25, 0.3) is 0 Å². The van der Waals surface area contributed by atoms with Crippen LogP contribution >= 0.6 is 15.9 Å². The quantitative estimate of drug-likeness (QED) is 0.527. The molecule has 9 heteroatoms. The predicted octanol–water partition coefficient (Wildman–Crippen LogP) is 1.49. The Morgan fingerprint density at radius 2 is 2.15 bits per heavy atom. The molecule has 1 aromatic carbocycles. The molecule has 0 heterocycles. The van der Waals surface area contributed by atoms with Crippen molar-refractivity contribution in [3.63, 3.8) is 0 Å². The number of nitrogens with one attached hydrogen (secondary N) is 1. The Bertz CT molecular complexity index is 549. The van der Waals surface area contributed by atoms with Crippen LogP contribution in [-0.2, 0) is 9.59 Å². The molecular weight excluding hydrogens is 334 g/mol. The fourth-order valence-electron chi connectivity index (χ4n) is 1.36. The number of carbonyl (C=O) groups excluding carboxylic acids is 1. The molecule has 0 aromatic heterocycles. The third-order valence-corrected chi connectivity index (χ3v) is 3.12. The van der Waals surface area contributed by atoms with Crippen molar-refractivity contribution < 1.29 is 19.6 Å². The molecule has 0 aliphatic heterocycles. The van der Waals surface area contributed by atoms with E-state index in [0.29, 0.717) is 4.47 Å². The molecule has 0 fully saturated rings. The molecule has 0 saturated heterocycles. The average molecular weight is 346 g/mol. The minimum Gasteiger partial charge on any atom is -0.481 e. The van der Waals surface area contributed by atoms with Gasteiger partial charge in [-0.3, -0.25) is 19.7 Å². The normalized spacial score (nSPS) is 11.7. The van der Waals surface area contributed by atoms with Crippen LogP contribution in [0.4, 0.5) is 11.4 Å². The molecular formula is C11H12BrN3O5. The average Bonchev–Trinajstić information content (AvgIpc) is 2.37. The number of nitro benzene ring substituents is 1. The van der Waals surface area contributed by atoms with E-state index in [1.807, 2.05) is 0 Å². The number of benzene rings is 1. The van der Waals surface area contributed by atoms with Crippen LogP contribution in [0, 0.1) is 10.1 Å². The number of carboxylic acids is 1. The molecule has 0 aliphatic rings. The first-order valence-electron chi connectivity index (χ1n) is 5.53. The minimum absolute atomic E-state index is 0.0201. The smallest absolute Gasteiger partial charge is 0.303 e. The second-order valence-electron chi connectivity index (χ2n) is 3.95. The lowest BCUT2D eigenvalue weighted by molar-refractivity contribution is -0.384. The predicted molar refractivity (Wildman–Crippen MR) is 74.3 cm³/mol. The van der Waals surface area contributed by atoms with Crippen LogP contribution in [0.2, 0.25) is 0 Å². The molecule has 108 valence electrons. The summed E-state index contributed by atoms with van der Waals surface area (Å²) in [5.74, 6) is -1.66. The molecule has 1 rings (SSSR count). The summed E-state index contributed by atoms with van der Waals surface area (Å²) in [7, 11) is 0. The van der Waals surface area contributed by atoms with Crippen LogP contribution in [0.1, 0.15) is 12.8 Å². The summed E-state index contributed by atoms with van der Waals surface area (Å²) in [6.07, 6.45) is -0.252. The third kappa shape index (κ3) is 4.59. The summed E-state index contributed by atoms with van der Waals surface area (Å²) in [6.45, 7) is 0. The molecule has 20 heavy (non-hydrogen) atoms. The highest BCUT2D eigenvalue weighted by Gasteiger charge is 2.17. The lowest BCUT2D eigenvalue weighted by Gasteiger charge is -2.12. The minimum atomic E-state index is -1.05. The fourth-order valence-corrected chi connectivity index (χ4v) is 1.70. The molecule has 1 unspecified atom stereocenters. The molecule has 4 N–H and O–H groups in total. The van der Waals surface area contributed by atoms with Crippen molar-refractivity contribution in [2.75, 3.05) is 5.32 Å². The molecule has 0 spiro atoms. The van der Waals surface area contributed by atoms with Crippen LogP contribution < -0.4 is 11.1 Å². The van der Waals surface area contributed by atoms with Crippen LogP contribution in [-0.4, -0.2) is 27.9 Å². The van der Waals surface area contributed by atoms with Crippen LogP contribution in [0.3, 0.4) is 0 Å². The standard InChI is InChI=1S/C11H12BrN3O5/c12-7-2-1-6(15(19)20)5-9(7)14-11(18)8(13)3-4-10(16)17/h1-2,5,8H,3-4,13H2,(H,14,18)(H,16,17). The first-order chi connectivity index (χ1) is 9.31. The van der Waals surface area contributed by atoms with Crippen molar-refractivity contribution in [1.82, 2.24) is 0 Å². The summed E-state index contributed by atoms with van der Waals surface area (Å²) >= 11 is 3.15. The van der Waals surface area contributed by atoms with Crippen LogP contribution in [0.5, 0.6) is 0 Å². The lowest BCUT2D eigenvalue weighted by atomic mass is 10.1. The number of rotatable bonds is 6. The molecule has 0 radical (unpaired) electrons. The van der Waals surface area contributed by atoms with E-state index in [1.165, 1.54) is 18.2 Å². The number of nitrogens with two attached hydrogens (primary N) is 1. The van der Waals surface area contributed by atoms with E-state index in [1.54, 1.807) is 0 Å². The second kappa shape index (κ2) is 6.96. The zero-order valence-electron chi connectivity index (χ0n) is 10.2. The molecule has 0 saturated carbocycles. The van der Waals surface area contributed by atoms with Crippen molar-refractivity contribution in [2.45, 2.75) is 18.9 Å². The zero-order chi connectivity index (χ0) is 15.3. The summed E-state index contributed by atoms with van der Waals surface area (Å²) in [5, 5.41) is 21.6. The number of carboxylic acid groups (broad SMARTS) is 1. The number of aliphatic carboxylic acids is 1. The Kier molecular flexibility index (Phi) is 5.59. The van der Waals surface area contributed by atoms with Crippen molar-refractivity contribution in [3.8, 4) is 0 Å². The van der Waals surface area contributed by atoms with Crippen molar-refractivity contribution >= 4 is 39.2 Å². The first-order valence-corrected chi connectivity index (χ1v) is 6.32. The number of carbonyl (C=O) groups is 2. The van der Waals surface area contributed by atoms with Gasteiger partial charge in [0.1, 0.15) is 0 Å². The maximum absolute atomic E-state index is 11.7. The number of nitro groups is 1. The van der Waals surface area contributed by atoms with Gasteiger partial charge in [-0.15, -0.1) is 0 Å². The van der Waals surface area contributed by atoms with E-state index in [2.05, 4.69) is 21.2 Å². The Morgan fingerprint density at radius 1 is 1.50 bits per heavy atom. The topological polar surface area (TPSA) is 136 Å². The van der Waals surface area contributed by atoms with Crippen molar-refractivity contribution in [3.05, 3.63) is 32.8 Å². The van der Waals surface area contributed by atoms with Gasteiger partial charge in [0.15, 0.2) is 0 Å². The van der Waals surface area contributed by atoms with Gasteiger partial charge in [0.25, 0.3) is 5.69 Å². The van der Waals surface area contributed by atoms with Crippen LogP contribution in [0.15, 0.2) is 22.7 Å². The third-order valence-electron chi connectivity index (χ3n) is 2.42. The van der Waals surface area contributed by atoms with E-state index in [4.69, 9.17) is 10.8 Å². The van der Waals surface area contributed by atoms with Gasteiger partial charge < -0.3 is 16.2 Å². The van der Waals surface area contributed by atoms with E-state index < -0.39 is 22.8 Å². The molecule has 1 aromatic rings. The second-order valence-corrected chi connectivity index (χ2v) is 4.80. The first kappa shape index (κ1) is 16.1. The van der Waals surface area contributed by atoms with E-state index >= 15 is 0 Å². The maximum Gasteiger partial charge on any atom is 0.303 e. The molecule has 1 atom stereocenters. The molecule has 0 bridgehead atoms. The summed E-state index contributed by atoms with van der Waals surface area (Å²) < 4.78 is 0.460. The number of hydrogen-bond donors (Lipinski definition) is 3. The number of hydrogen-bond acceptors (Lipinski definition) is 5. The maximum atomic E-state index is 11.7. The largest absolute Gasteiger partial charge is 0.481 e. The Balaban J connectivity index is 2.77. The molecule has 0 aliphatic carbocycles. The Hall–Kier alpha value is -2.00. The van der Waals surface area contributed by atoms with E-state index in [0.717, 1.165) is 0 Å². The molecule has 8 nitrogen and oxygen atoms in total. The van der Waals surface area contributed by atoms with E-state index in [-0.39, 0.29) is 24.2 Å². The fraction of sp³-hybridized carbons (Fsp3) is 0.273. The summed E-state index contributed by atoms with van der Waals surface area (Å²) in [5.41, 5.74) is 5.56. The monoisotopic (exact) mass is 345 g/mol. The number of anilines is 1. The van der Waals surface area contributed by atoms with Gasteiger partial charge in [0, 0.05) is 23.0 Å². The lowest BCUT2D eigenvalue weighted by Crippen LogP contribution is -2.36. The number of non-ortho nitro benzene ring substituents is 1. The van der Waals surface area contributed by atoms with Gasteiger partial charge in [-0.1, -0.05) is 0 Å². The zero-order valence-corrected chi connectivity index (χ0v) is 11.8. The van der Waals surface area contributed by atoms with Gasteiger partial charge in [0.2, 0.25) is 5.91 Å². The van der Waals surface area contributed by atoms with E-state index in [9.17, 15) is 19.7 Å². The van der Waals surface area contributed by atoms with Gasteiger partial charge in [0.05, 0.1) is 16.7 Å². The van der Waals surface area contributed by atoms with Crippen molar-refractivity contribution in [2.24, 2.45) is 5.73 Å². The number of amides is 1. The van der Waals surface area contributed by atoms with Gasteiger partial charge in [-0.25, -0.2) is 0 Å². The van der Waals surface area contributed by atoms with Crippen molar-refractivity contribution in [1.29, 1.82) is 0 Å².